The SMILES string of the molecule is COc1cccc(NC(=O)Cc2csc(CCc3ccncc3)n2)c1. The Balaban J connectivity index is 1.52. The van der Waals surface area contributed by atoms with Gasteiger partial charge in [0.2, 0.25) is 5.91 Å². The van der Waals surface area contributed by atoms with Gasteiger partial charge in [-0.2, -0.15) is 0 Å². The number of hydrogen-bond acceptors (Lipinski definition) is 5. The van der Waals surface area contributed by atoms with Crippen LogP contribution in [-0.2, 0) is 24.1 Å². The van der Waals surface area contributed by atoms with Gasteiger partial charge in [-0.1, -0.05) is 6.07 Å². The first-order valence-corrected chi connectivity index (χ1v) is 8.87. The molecule has 0 bridgehead atoms. The number of hydrogen-bond donors (Lipinski definition) is 1. The summed E-state index contributed by atoms with van der Waals surface area (Å²) in [4.78, 5) is 20.8. The molecule has 0 radical (unpaired) electrons. The van der Waals surface area contributed by atoms with Crippen molar-refractivity contribution in [3.8, 4) is 5.75 Å². The van der Waals surface area contributed by atoms with Crippen LogP contribution in [0.5, 0.6) is 5.75 Å². The maximum Gasteiger partial charge on any atom is 0.230 e. The number of aryl methyl sites for hydroxylation is 2. The van der Waals surface area contributed by atoms with E-state index in [1.54, 1.807) is 36.9 Å². The number of methoxy groups -OCH3 is 1. The van der Waals surface area contributed by atoms with Crippen molar-refractivity contribution < 1.29 is 9.53 Å². The highest BCUT2D eigenvalue weighted by molar-refractivity contribution is 7.09. The van der Waals surface area contributed by atoms with Crippen molar-refractivity contribution in [2.24, 2.45) is 0 Å². The first kappa shape index (κ1) is 17.1. The van der Waals surface area contributed by atoms with Crippen LogP contribution in [0.15, 0.2) is 54.2 Å². The van der Waals surface area contributed by atoms with Gasteiger partial charge in [-0.15, -0.1) is 11.3 Å². The lowest BCUT2D eigenvalue weighted by Gasteiger charge is -2.06. The number of anilines is 1. The van der Waals surface area contributed by atoms with Crippen LogP contribution in [0.1, 0.15) is 16.3 Å². The molecule has 0 spiro atoms. The van der Waals surface area contributed by atoms with E-state index in [0.717, 1.165) is 29.2 Å². The number of thiazole rings is 1. The number of rotatable bonds is 7. The number of pyridine rings is 1. The Kier molecular flexibility index (Phi) is 5.74. The summed E-state index contributed by atoms with van der Waals surface area (Å²) in [7, 11) is 1.60. The summed E-state index contributed by atoms with van der Waals surface area (Å²) in [5, 5.41) is 5.86. The van der Waals surface area contributed by atoms with Gasteiger partial charge in [0.1, 0.15) is 5.75 Å². The molecule has 0 unspecified atom stereocenters. The molecule has 0 saturated heterocycles. The van der Waals surface area contributed by atoms with Crippen molar-refractivity contribution in [3.63, 3.8) is 0 Å². The number of carbonyl (C=O) groups excluding carboxylic acids is 1. The normalized spacial score (nSPS) is 10.4. The molecule has 0 aliphatic heterocycles. The largest absolute Gasteiger partial charge is 0.497 e. The summed E-state index contributed by atoms with van der Waals surface area (Å²) in [5.41, 5.74) is 2.76. The summed E-state index contributed by atoms with van der Waals surface area (Å²) in [6, 6.07) is 11.3. The Morgan fingerprint density at radius 2 is 2.04 bits per heavy atom. The second-order valence-corrected chi connectivity index (χ2v) is 6.49. The topological polar surface area (TPSA) is 64.1 Å². The maximum atomic E-state index is 12.2. The molecule has 2 aromatic heterocycles. The van der Waals surface area contributed by atoms with Gasteiger partial charge in [-0.05, 0) is 36.2 Å². The summed E-state index contributed by atoms with van der Waals surface area (Å²) < 4.78 is 5.16. The predicted molar refractivity (Wildman–Crippen MR) is 99.1 cm³/mol. The number of ether oxygens (including phenoxy) is 1. The molecule has 2 heterocycles. The van der Waals surface area contributed by atoms with Gasteiger partial charge in [0.25, 0.3) is 0 Å². The van der Waals surface area contributed by atoms with Crippen molar-refractivity contribution in [2.45, 2.75) is 19.3 Å². The molecule has 3 rings (SSSR count). The fourth-order valence-corrected chi connectivity index (χ4v) is 3.21. The molecule has 0 aliphatic rings. The number of amides is 1. The van der Waals surface area contributed by atoms with Crippen LogP contribution < -0.4 is 10.1 Å². The van der Waals surface area contributed by atoms with E-state index in [9.17, 15) is 4.79 Å². The summed E-state index contributed by atoms with van der Waals surface area (Å²) >= 11 is 1.60. The Bertz CT molecular complexity index is 833. The number of nitrogens with one attached hydrogen (secondary N) is 1. The minimum atomic E-state index is -0.0840. The predicted octanol–water partition coefficient (Wildman–Crippen LogP) is 3.51. The lowest BCUT2D eigenvalue weighted by molar-refractivity contribution is -0.115. The van der Waals surface area contributed by atoms with Crippen LogP contribution in [0, 0.1) is 0 Å². The van der Waals surface area contributed by atoms with Crippen LogP contribution in [0.25, 0.3) is 0 Å². The van der Waals surface area contributed by atoms with E-state index in [4.69, 9.17) is 4.74 Å². The Labute approximate surface area is 150 Å². The van der Waals surface area contributed by atoms with Gasteiger partial charge in [0, 0.05) is 35.9 Å². The van der Waals surface area contributed by atoms with Crippen LogP contribution in [0.3, 0.4) is 0 Å². The van der Waals surface area contributed by atoms with E-state index in [1.165, 1.54) is 5.56 Å². The summed E-state index contributed by atoms with van der Waals surface area (Å²) in [6.45, 7) is 0. The Morgan fingerprint density at radius 1 is 1.20 bits per heavy atom. The monoisotopic (exact) mass is 353 g/mol. The van der Waals surface area contributed by atoms with Gasteiger partial charge in [0.05, 0.1) is 24.2 Å². The van der Waals surface area contributed by atoms with Crippen molar-refractivity contribution in [2.75, 3.05) is 12.4 Å². The highest BCUT2D eigenvalue weighted by atomic mass is 32.1. The fourth-order valence-electron chi connectivity index (χ4n) is 2.42. The van der Waals surface area contributed by atoms with E-state index in [2.05, 4.69) is 15.3 Å². The minimum absolute atomic E-state index is 0.0840. The minimum Gasteiger partial charge on any atom is -0.497 e. The van der Waals surface area contributed by atoms with Gasteiger partial charge in [-0.3, -0.25) is 9.78 Å². The van der Waals surface area contributed by atoms with Crippen LogP contribution in [-0.4, -0.2) is 23.0 Å². The van der Waals surface area contributed by atoms with Crippen molar-refractivity contribution >= 4 is 22.9 Å². The summed E-state index contributed by atoms with van der Waals surface area (Å²) in [5.74, 6) is 0.629. The molecule has 3 aromatic rings. The lowest BCUT2D eigenvalue weighted by Crippen LogP contribution is -2.14. The lowest BCUT2D eigenvalue weighted by atomic mass is 10.1. The van der Waals surface area contributed by atoms with Gasteiger partial charge >= 0.3 is 0 Å². The molecule has 1 amide bonds. The molecule has 0 aliphatic carbocycles. The van der Waals surface area contributed by atoms with Crippen LogP contribution in [0.4, 0.5) is 5.69 Å². The Morgan fingerprint density at radius 3 is 2.84 bits per heavy atom. The highest BCUT2D eigenvalue weighted by Gasteiger charge is 2.09. The first-order chi connectivity index (χ1) is 12.2. The van der Waals surface area contributed by atoms with Crippen molar-refractivity contribution in [1.82, 2.24) is 9.97 Å². The summed E-state index contributed by atoms with van der Waals surface area (Å²) in [6.07, 6.45) is 5.65. The maximum absolute atomic E-state index is 12.2. The van der Waals surface area contributed by atoms with E-state index in [-0.39, 0.29) is 12.3 Å². The second-order valence-electron chi connectivity index (χ2n) is 5.54. The van der Waals surface area contributed by atoms with Crippen LogP contribution >= 0.6 is 11.3 Å². The average Bonchev–Trinajstić information content (AvgIpc) is 3.08. The first-order valence-electron chi connectivity index (χ1n) is 7.99. The van der Waals surface area contributed by atoms with E-state index in [0.29, 0.717) is 5.75 Å². The van der Waals surface area contributed by atoms with Crippen LogP contribution in [0.2, 0.25) is 0 Å². The zero-order valence-electron chi connectivity index (χ0n) is 13.9. The third-order valence-electron chi connectivity index (χ3n) is 3.67. The molecular formula is C19H19N3O2S. The third-order valence-corrected chi connectivity index (χ3v) is 4.63. The highest BCUT2D eigenvalue weighted by Crippen LogP contribution is 2.18. The molecular weight excluding hydrogens is 334 g/mol. The Hall–Kier alpha value is -2.73. The molecule has 0 atom stereocenters. The standard InChI is InChI=1S/C19H19N3O2S/c1-24-17-4-2-3-15(11-17)21-18(23)12-16-13-25-19(22-16)6-5-14-7-9-20-10-8-14/h2-4,7-11,13H,5-6,12H2,1H3,(H,21,23). The zero-order valence-corrected chi connectivity index (χ0v) is 14.8. The zero-order chi connectivity index (χ0) is 17.5. The number of nitrogens with zero attached hydrogens (tertiary/aromatic N) is 2. The van der Waals surface area contributed by atoms with Gasteiger partial charge in [0.15, 0.2) is 0 Å². The van der Waals surface area contributed by atoms with E-state index < -0.39 is 0 Å². The average molecular weight is 353 g/mol. The number of carbonyl (C=O) groups is 1. The molecule has 0 saturated carbocycles. The molecule has 1 N–H and O–H groups in total. The van der Waals surface area contributed by atoms with E-state index in [1.807, 2.05) is 35.7 Å². The number of aromatic nitrogens is 2. The quantitative estimate of drug-likeness (QED) is 0.706. The molecule has 0 fully saturated rings. The molecule has 1 aromatic carbocycles. The third kappa shape index (κ3) is 5.12. The molecule has 25 heavy (non-hydrogen) atoms. The fraction of sp³-hybridized carbons (Fsp3) is 0.211. The smallest absolute Gasteiger partial charge is 0.230 e. The molecule has 5 nitrogen and oxygen atoms in total. The van der Waals surface area contributed by atoms with E-state index >= 15 is 0 Å². The van der Waals surface area contributed by atoms with Crippen molar-refractivity contribution in [1.29, 1.82) is 0 Å². The molecule has 6 heteroatoms. The van der Waals surface area contributed by atoms with Gasteiger partial charge < -0.3 is 10.1 Å². The molecule has 128 valence electrons. The van der Waals surface area contributed by atoms with Gasteiger partial charge in [-0.25, -0.2) is 4.98 Å². The number of benzene rings is 1. The van der Waals surface area contributed by atoms with Crippen molar-refractivity contribution in [3.05, 3.63) is 70.4 Å². The second kappa shape index (κ2) is 8.39.